The van der Waals surface area contributed by atoms with Crippen molar-refractivity contribution in [1.29, 1.82) is 0 Å². The van der Waals surface area contributed by atoms with Crippen LogP contribution in [0.2, 0.25) is 0 Å². The molecule has 0 bridgehead atoms. The summed E-state index contributed by atoms with van der Waals surface area (Å²) >= 11 is 2.22. The maximum absolute atomic E-state index is 11.9. The predicted molar refractivity (Wildman–Crippen MR) is 77.8 cm³/mol. The van der Waals surface area contributed by atoms with E-state index in [4.69, 9.17) is 0 Å². The van der Waals surface area contributed by atoms with Gasteiger partial charge >= 0.3 is 0 Å². The Hall–Kier alpha value is -0.530. The van der Waals surface area contributed by atoms with E-state index in [2.05, 4.69) is 38.1 Å². The maximum Gasteiger partial charge on any atom is 0.220 e. The van der Waals surface area contributed by atoms with E-state index in [9.17, 15) is 9.59 Å². The molecule has 0 saturated heterocycles. The first-order chi connectivity index (χ1) is 8.38. The molecule has 0 saturated carbocycles. The Bertz CT molecular complexity index is 349. The molecule has 0 fully saturated rings. The summed E-state index contributed by atoms with van der Waals surface area (Å²) in [4.78, 5) is 23.7. The van der Waals surface area contributed by atoms with Gasteiger partial charge in [-0.1, -0.05) is 36.4 Å². The number of ketones is 1. The molecule has 1 aliphatic rings. The van der Waals surface area contributed by atoms with Gasteiger partial charge in [0.15, 0.2) is 11.4 Å². The van der Waals surface area contributed by atoms with Gasteiger partial charge in [0.25, 0.3) is 0 Å². The van der Waals surface area contributed by atoms with Crippen LogP contribution < -0.4 is 5.32 Å². The largest absolute Gasteiger partial charge is 0.346 e. The smallest absolute Gasteiger partial charge is 0.220 e. The van der Waals surface area contributed by atoms with E-state index in [-0.39, 0.29) is 29.3 Å². The second-order valence-electron chi connectivity index (χ2n) is 5.07. The van der Waals surface area contributed by atoms with Crippen LogP contribution in [0.3, 0.4) is 0 Å². The second-order valence-corrected chi connectivity index (χ2v) is 6.15. The molecule has 1 rings (SSSR count). The molecule has 18 heavy (non-hydrogen) atoms. The van der Waals surface area contributed by atoms with Crippen LogP contribution in [-0.4, -0.2) is 27.8 Å². The van der Waals surface area contributed by atoms with Crippen LogP contribution in [0, 0.1) is 5.92 Å². The highest BCUT2D eigenvalue weighted by molar-refractivity contribution is 14.1. The fraction of sp³-hybridized carbons (Fsp3) is 0.833. The molecule has 0 aromatic carbocycles. The van der Waals surface area contributed by atoms with Gasteiger partial charge in [-0.2, -0.15) is 10.2 Å². The Morgan fingerprint density at radius 1 is 1.33 bits per heavy atom. The highest BCUT2D eigenvalue weighted by Crippen LogP contribution is 2.31. The van der Waals surface area contributed by atoms with Crippen molar-refractivity contribution in [3.05, 3.63) is 0 Å². The van der Waals surface area contributed by atoms with Crippen LogP contribution in [-0.2, 0) is 9.59 Å². The van der Waals surface area contributed by atoms with Crippen LogP contribution in [0.5, 0.6) is 0 Å². The molecule has 102 valence electrons. The van der Waals surface area contributed by atoms with Gasteiger partial charge in [-0.15, -0.1) is 0 Å². The normalized spacial score (nSPS) is 17.6. The first kappa shape index (κ1) is 15.5. The zero-order valence-electron chi connectivity index (χ0n) is 11.1. The van der Waals surface area contributed by atoms with Crippen molar-refractivity contribution in [2.24, 2.45) is 16.1 Å². The summed E-state index contributed by atoms with van der Waals surface area (Å²) in [5, 5.41) is 10.5. The Labute approximate surface area is 121 Å². The average Bonchev–Trinajstić information content (AvgIpc) is 3.04. The van der Waals surface area contributed by atoms with E-state index in [1.807, 2.05) is 20.8 Å². The van der Waals surface area contributed by atoms with Gasteiger partial charge in [0.1, 0.15) is 0 Å². The van der Waals surface area contributed by atoms with Gasteiger partial charge in [0.05, 0.1) is 6.04 Å². The molecule has 1 amide bonds. The van der Waals surface area contributed by atoms with Crippen molar-refractivity contribution in [3.63, 3.8) is 0 Å². The minimum absolute atomic E-state index is 0.0517. The summed E-state index contributed by atoms with van der Waals surface area (Å²) in [6, 6.07) is -0.352. The first-order valence-corrected chi connectivity index (χ1v) is 7.73. The van der Waals surface area contributed by atoms with Gasteiger partial charge in [-0.05, 0) is 13.3 Å². The molecule has 1 aliphatic heterocycles. The van der Waals surface area contributed by atoms with Crippen LogP contribution in [0.25, 0.3) is 0 Å². The fourth-order valence-corrected chi connectivity index (χ4v) is 2.22. The van der Waals surface area contributed by atoms with Gasteiger partial charge in [0.2, 0.25) is 5.91 Å². The molecule has 0 aliphatic carbocycles. The monoisotopic (exact) mass is 365 g/mol. The van der Waals surface area contributed by atoms with E-state index in [0.717, 1.165) is 4.43 Å². The third-order valence-corrected chi connectivity index (χ3v) is 3.54. The van der Waals surface area contributed by atoms with E-state index in [0.29, 0.717) is 19.3 Å². The van der Waals surface area contributed by atoms with E-state index in [1.165, 1.54) is 0 Å². The Balaban J connectivity index is 2.39. The Morgan fingerprint density at radius 3 is 2.39 bits per heavy atom. The van der Waals surface area contributed by atoms with Crippen molar-refractivity contribution in [2.45, 2.75) is 51.7 Å². The molecular formula is C12H20IN3O2. The van der Waals surface area contributed by atoms with Gasteiger partial charge < -0.3 is 5.32 Å². The molecule has 0 aromatic rings. The summed E-state index contributed by atoms with van der Waals surface area (Å²) in [5.74, 6) is -0.0337. The van der Waals surface area contributed by atoms with Crippen LogP contribution in [0.15, 0.2) is 10.2 Å². The molecule has 6 heteroatoms. The third kappa shape index (κ3) is 4.99. The quantitative estimate of drug-likeness (QED) is 0.530. The minimum atomic E-state index is -0.352. The number of alkyl halides is 1. The van der Waals surface area contributed by atoms with E-state index < -0.39 is 0 Å². The van der Waals surface area contributed by atoms with E-state index >= 15 is 0 Å². The third-order valence-electron chi connectivity index (χ3n) is 2.91. The number of nitrogens with zero attached hydrogens (tertiary/aromatic N) is 2. The number of carbonyl (C=O) groups is 2. The molecule has 0 aromatic heterocycles. The summed E-state index contributed by atoms with van der Waals surface area (Å²) in [6.07, 6.45) is 1.67. The Morgan fingerprint density at radius 2 is 1.94 bits per heavy atom. The average molecular weight is 365 g/mol. The van der Waals surface area contributed by atoms with Crippen LogP contribution in [0.1, 0.15) is 40.0 Å². The van der Waals surface area contributed by atoms with Crippen LogP contribution in [0.4, 0.5) is 0 Å². The summed E-state index contributed by atoms with van der Waals surface area (Å²) < 4.78 is 0.851. The lowest BCUT2D eigenvalue weighted by Crippen LogP contribution is -2.43. The van der Waals surface area contributed by atoms with Crippen molar-refractivity contribution in [1.82, 2.24) is 5.32 Å². The number of hydrogen-bond acceptors (Lipinski definition) is 4. The van der Waals surface area contributed by atoms with Gasteiger partial charge in [0, 0.05) is 23.2 Å². The lowest BCUT2D eigenvalue weighted by atomic mass is 9.99. The molecular weight excluding hydrogens is 345 g/mol. The number of amides is 1. The number of carbonyl (C=O) groups excluding carboxylic acids is 2. The standard InChI is InChI=1S/C12H20IN3O2/c1-8(2)11(18)9(5-7-13)14-10(17)4-6-12(3)15-16-12/h8-9H,4-7H2,1-3H3,(H,14,17). The van der Waals surface area contributed by atoms with Gasteiger partial charge in [-0.25, -0.2) is 0 Å². The van der Waals surface area contributed by atoms with Crippen LogP contribution >= 0.6 is 22.6 Å². The molecule has 1 heterocycles. The molecule has 1 N–H and O–H groups in total. The molecule has 0 radical (unpaired) electrons. The van der Waals surface area contributed by atoms with Crippen molar-refractivity contribution < 1.29 is 9.59 Å². The van der Waals surface area contributed by atoms with Crippen molar-refractivity contribution >= 4 is 34.3 Å². The maximum atomic E-state index is 11.9. The summed E-state index contributed by atoms with van der Waals surface area (Å²) in [7, 11) is 0. The SMILES string of the molecule is CC(C)C(=O)C(CCI)NC(=O)CCC1(C)N=N1. The lowest BCUT2D eigenvalue weighted by molar-refractivity contribution is -0.129. The number of halogens is 1. The zero-order valence-corrected chi connectivity index (χ0v) is 13.2. The second kappa shape index (κ2) is 6.58. The highest BCUT2D eigenvalue weighted by atomic mass is 127. The number of Topliss-reactive ketones (excluding diaryl/α,β-unsaturated/α-hetero) is 1. The van der Waals surface area contributed by atoms with Gasteiger partial charge in [-0.3, -0.25) is 9.59 Å². The summed E-state index contributed by atoms with van der Waals surface area (Å²) in [6.45, 7) is 5.61. The topological polar surface area (TPSA) is 70.9 Å². The Kier molecular flexibility index (Phi) is 5.68. The zero-order chi connectivity index (χ0) is 13.8. The molecule has 1 unspecified atom stereocenters. The van der Waals surface area contributed by atoms with E-state index in [1.54, 1.807) is 0 Å². The summed E-state index contributed by atoms with van der Waals surface area (Å²) in [5.41, 5.74) is -0.349. The number of nitrogens with one attached hydrogen (secondary N) is 1. The predicted octanol–water partition coefficient (Wildman–Crippen LogP) is 2.48. The lowest BCUT2D eigenvalue weighted by Gasteiger charge is -2.18. The molecule has 5 nitrogen and oxygen atoms in total. The fourth-order valence-electron chi connectivity index (χ4n) is 1.60. The van der Waals surface area contributed by atoms with Crippen molar-refractivity contribution in [2.75, 3.05) is 4.43 Å². The molecule has 1 atom stereocenters. The number of hydrogen-bond donors (Lipinski definition) is 1. The minimum Gasteiger partial charge on any atom is -0.346 e. The molecule has 0 spiro atoms. The number of rotatable bonds is 8. The highest BCUT2D eigenvalue weighted by Gasteiger charge is 2.34. The first-order valence-electron chi connectivity index (χ1n) is 6.21. The van der Waals surface area contributed by atoms with Crippen molar-refractivity contribution in [3.8, 4) is 0 Å².